The number of rotatable bonds is 6. The summed E-state index contributed by atoms with van der Waals surface area (Å²) in [7, 11) is 0. The zero-order valence-electron chi connectivity index (χ0n) is 11.3. The van der Waals surface area contributed by atoms with Crippen molar-refractivity contribution in [2.75, 3.05) is 0 Å². The minimum Gasteiger partial charge on any atom is -0.356 e. The lowest BCUT2D eigenvalue weighted by molar-refractivity contribution is 1.04. The van der Waals surface area contributed by atoms with E-state index in [9.17, 15) is 0 Å². The van der Waals surface area contributed by atoms with E-state index in [0.29, 0.717) is 0 Å². The van der Waals surface area contributed by atoms with Gasteiger partial charge in [0.15, 0.2) is 0 Å². The van der Waals surface area contributed by atoms with Crippen molar-refractivity contribution in [3.05, 3.63) is 72.2 Å². The van der Waals surface area contributed by atoms with Crippen molar-refractivity contribution in [2.45, 2.75) is 27.7 Å². The zero-order valence-corrected chi connectivity index (χ0v) is 11.3. The Morgan fingerprint density at radius 3 is 1.35 bits per heavy atom. The van der Waals surface area contributed by atoms with E-state index >= 15 is 0 Å². The SMILES string of the molecule is C\C=C/C=C(\C=C/C)NC(/C=C\C)=C/C=C\C. The van der Waals surface area contributed by atoms with E-state index in [0.717, 1.165) is 11.4 Å². The van der Waals surface area contributed by atoms with E-state index in [2.05, 4.69) is 5.32 Å². The molecular weight excluding hydrogens is 206 g/mol. The second-order valence-corrected chi connectivity index (χ2v) is 3.42. The van der Waals surface area contributed by atoms with Gasteiger partial charge in [-0.25, -0.2) is 0 Å². The quantitative estimate of drug-likeness (QED) is 0.654. The maximum atomic E-state index is 3.37. The van der Waals surface area contributed by atoms with Crippen molar-refractivity contribution < 1.29 is 0 Å². The van der Waals surface area contributed by atoms with E-state index < -0.39 is 0 Å². The Labute approximate surface area is 106 Å². The molecule has 0 aromatic rings. The van der Waals surface area contributed by atoms with Crippen molar-refractivity contribution in [3.8, 4) is 0 Å². The van der Waals surface area contributed by atoms with Crippen LogP contribution in [0.2, 0.25) is 0 Å². The van der Waals surface area contributed by atoms with Crippen LogP contribution in [0.1, 0.15) is 27.7 Å². The van der Waals surface area contributed by atoms with Gasteiger partial charge in [-0.1, -0.05) is 36.5 Å². The first kappa shape index (κ1) is 15.2. The van der Waals surface area contributed by atoms with Crippen molar-refractivity contribution in [1.82, 2.24) is 5.32 Å². The Morgan fingerprint density at radius 1 is 0.647 bits per heavy atom. The van der Waals surface area contributed by atoms with E-state index in [4.69, 9.17) is 0 Å². The second-order valence-electron chi connectivity index (χ2n) is 3.42. The van der Waals surface area contributed by atoms with Crippen LogP contribution in [0.3, 0.4) is 0 Å². The number of nitrogens with one attached hydrogen (secondary N) is 1. The van der Waals surface area contributed by atoms with Gasteiger partial charge in [0.05, 0.1) is 0 Å². The van der Waals surface area contributed by atoms with Gasteiger partial charge in [-0.05, 0) is 52.0 Å². The molecule has 0 rings (SSSR count). The van der Waals surface area contributed by atoms with E-state index in [1.807, 2.05) is 88.5 Å². The maximum absolute atomic E-state index is 3.37. The normalized spacial score (nSPS) is 14.8. The lowest BCUT2D eigenvalue weighted by atomic mass is 10.2. The van der Waals surface area contributed by atoms with Crippen LogP contribution in [0, 0.1) is 0 Å². The van der Waals surface area contributed by atoms with E-state index in [1.54, 1.807) is 0 Å². The van der Waals surface area contributed by atoms with Crippen LogP contribution < -0.4 is 5.32 Å². The number of allylic oxidation sites excluding steroid dienone is 10. The molecule has 0 aliphatic heterocycles. The van der Waals surface area contributed by atoms with Gasteiger partial charge in [0.2, 0.25) is 0 Å². The molecule has 0 saturated carbocycles. The molecule has 0 unspecified atom stereocenters. The van der Waals surface area contributed by atoms with Gasteiger partial charge in [0, 0.05) is 11.4 Å². The van der Waals surface area contributed by atoms with Crippen molar-refractivity contribution in [2.24, 2.45) is 0 Å². The molecule has 1 heteroatoms. The largest absolute Gasteiger partial charge is 0.356 e. The highest BCUT2D eigenvalue weighted by Gasteiger charge is 1.92. The van der Waals surface area contributed by atoms with Crippen molar-refractivity contribution in [3.63, 3.8) is 0 Å². The van der Waals surface area contributed by atoms with Crippen LogP contribution in [0.4, 0.5) is 0 Å². The van der Waals surface area contributed by atoms with E-state index in [-0.39, 0.29) is 0 Å². The molecule has 0 amide bonds. The smallest absolute Gasteiger partial charge is 0.0380 e. The summed E-state index contributed by atoms with van der Waals surface area (Å²) in [6, 6.07) is 0. The molecule has 0 fully saturated rings. The lowest BCUT2D eigenvalue weighted by Crippen LogP contribution is -2.09. The third kappa shape index (κ3) is 8.09. The lowest BCUT2D eigenvalue weighted by Gasteiger charge is -2.07. The van der Waals surface area contributed by atoms with Gasteiger partial charge in [-0.15, -0.1) is 0 Å². The summed E-state index contributed by atoms with van der Waals surface area (Å²) >= 11 is 0. The predicted molar refractivity (Wildman–Crippen MR) is 78.6 cm³/mol. The van der Waals surface area contributed by atoms with Gasteiger partial charge in [0.25, 0.3) is 0 Å². The van der Waals surface area contributed by atoms with Crippen LogP contribution in [0.15, 0.2) is 72.2 Å². The highest BCUT2D eigenvalue weighted by Crippen LogP contribution is 2.01. The van der Waals surface area contributed by atoms with E-state index in [1.165, 1.54) is 0 Å². The summed E-state index contributed by atoms with van der Waals surface area (Å²) in [5, 5.41) is 3.37. The van der Waals surface area contributed by atoms with Crippen LogP contribution in [-0.2, 0) is 0 Å². The predicted octanol–water partition coefficient (Wildman–Crippen LogP) is 4.65. The fraction of sp³-hybridized carbons (Fsp3) is 0.250. The minimum absolute atomic E-state index is 1.07. The third-order valence-electron chi connectivity index (χ3n) is 1.92. The van der Waals surface area contributed by atoms with Crippen LogP contribution in [0.25, 0.3) is 0 Å². The molecule has 0 bridgehead atoms. The maximum Gasteiger partial charge on any atom is 0.0380 e. The molecule has 0 aliphatic carbocycles. The summed E-state index contributed by atoms with van der Waals surface area (Å²) in [5.74, 6) is 0. The van der Waals surface area contributed by atoms with Gasteiger partial charge < -0.3 is 5.32 Å². The molecule has 0 radical (unpaired) electrons. The molecule has 1 N–H and O–H groups in total. The minimum atomic E-state index is 1.07. The molecule has 0 spiro atoms. The second kappa shape index (κ2) is 10.7. The van der Waals surface area contributed by atoms with Crippen LogP contribution in [-0.4, -0.2) is 0 Å². The highest BCUT2D eigenvalue weighted by molar-refractivity contribution is 5.31. The molecule has 1 nitrogen and oxygen atoms in total. The Balaban J connectivity index is 4.92. The molecule has 0 aromatic carbocycles. The summed E-state index contributed by atoms with van der Waals surface area (Å²) in [6.07, 6.45) is 20.3. The molecule has 0 atom stereocenters. The summed E-state index contributed by atoms with van der Waals surface area (Å²) in [5.41, 5.74) is 2.14. The summed E-state index contributed by atoms with van der Waals surface area (Å²) < 4.78 is 0. The molecule has 92 valence electrons. The van der Waals surface area contributed by atoms with Crippen molar-refractivity contribution >= 4 is 0 Å². The van der Waals surface area contributed by atoms with Crippen molar-refractivity contribution in [1.29, 1.82) is 0 Å². The molecule has 0 heterocycles. The topological polar surface area (TPSA) is 12.0 Å². The molecular formula is C16H23N. The Kier molecular flexibility index (Phi) is 9.64. The first-order valence-electron chi connectivity index (χ1n) is 5.96. The Hall–Kier alpha value is -1.76. The highest BCUT2D eigenvalue weighted by atomic mass is 14.9. The molecule has 17 heavy (non-hydrogen) atoms. The third-order valence-corrected chi connectivity index (χ3v) is 1.92. The van der Waals surface area contributed by atoms with Gasteiger partial charge in [-0.2, -0.15) is 0 Å². The fourth-order valence-electron chi connectivity index (χ4n) is 1.20. The van der Waals surface area contributed by atoms with Gasteiger partial charge in [-0.3, -0.25) is 0 Å². The summed E-state index contributed by atoms with van der Waals surface area (Å²) in [6.45, 7) is 8.03. The molecule has 0 aromatic heterocycles. The average Bonchev–Trinajstić information content (AvgIpc) is 2.33. The number of hydrogen-bond donors (Lipinski definition) is 1. The fourth-order valence-corrected chi connectivity index (χ4v) is 1.20. The Bertz CT molecular complexity index is 327. The van der Waals surface area contributed by atoms with Gasteiger partial charge >= 0.3 is 0 Å². The van der Waals surface area contributed by atoms with Gasteiger partial charge in [0.1, 0.15) is 0 Å². The monoisotopic (exact) mass is 229 g/mol. The zero-order chi connectivity index (χ0) is 12.9. The Morgan fingerprint density at radius 2 is 1.06 bits per heavy atom. The number of hydrogen-bond acceptors (Lipinski definition) is 1. The molecule has 0 saturated heterocycles. The van der Waals surface area contributed by atoms with Crippen LogP contribution in [0.5, 0.6) is 0 Å². The van der Waals surface area contributed by atoms with Crippen LogP contribution >= 0.6 is 0 Å². The average molecular weight is 229 g/mol. The standard InChI is InChI=1S/C16H23N/c1-5-9-13-15(11-7-3)17-16(12-8-4)14-10-6-2/h5-14,17H,1-4H3/b9-5-,10-6-,11-7-,12-8-,15-13+,16-14+. The first-order valence-corrected chi connectivity index (χ1v) is 5.96. The molecule has 0 aliphatic rings. The first-order chi connectivity index (χ1) is 8.28. The summed E-state index contributed by atoms with van der Waals surface area (Å²) in [4.78, 5) is 0.